The van der Waals surface area contributed by atoms with Crippen molar-refractivity contribution in [2.75, 3.05) is 0 Å². The number of benzene rings is 1. The van der Waals surface area contributed by atoms with Gasteiger partial charge in [0.05, 0.1) is 12.2 Å². The minimum atomic E-state index is -0.649. The molecule has 0 aliphatic heterocycles. The summed E-state index contributed by atoms with van der Waals surface area (Å²) in [7, 11) is 0. The second-order valence-electron chi connectivity index (χ2n) is 4.08. The summed E-state index contributed by atoms with van der Waals surface area (Å²) >= 11 is 0. The van der Waals surface area contributed by atoms with Gasteiger partial charge in [0.25, 0.3) is 0 Å². The molecule has 1 N–H and O–H groups in total. The van der Waals surface area contributed by atoms with E-state index in [0.29, 0.717) is 11.3 Å². The van der Waals surface area contributed by atoms with Crippen molar-refractivity contribution in [1.82, 2.24) is 0 Å². The number of aliphatic hydroxyl groups is 1. The van der Waals surface area contributed by atoms with Crippen molar-refractivity contribution < 1.29 is 14.2 Å². The van der Waals surface area contributed by atoms with Crippen molar-refractivity contribution in [2.45, 2.75) is 45.8 Å². The molecule has 0 aliphatic rings. The lowest BCUT2D eigenvalue weighted by atomic mass is 10.1. The molecule has 0 bridgehead atoms. The Hall–Kier alpha value is -1.09. The standard InChI is InChI=1S/C13H19FO2/c1-4-5-9(2)16-13-8-11(14)6-7-12(13)10(3)15/h6-10,15H,4-5H2,1-3H3. The first kappa shape index (κ1) is 13.0. The fourth-order valence-corrected chi connectivity index (χ4v) is 1.64. The van der Waals surface area contributed by atoms with Gasteiger partial charge in [0.2, 0.25) is 0 Å². The summed E-state index contributed by atoms with van der Waals surface area (Å²) in [5.74, 6) is 0.0963. The highest BCUT2D eigenvalue weighted by Gasteiger charge is 2.12. The SMILES string of the molecule is CCCC(C)Oc1cc(F)ccc1C(C)O. The molecule has 3 heteroatoms. The maximum absolute atomic E-state index is 13.1. The van der Waals surface area contributed by atoms with Crippen LogP contribution in [0.2, 0.25) is 0 Å². The van der Waals surface area contributed by atoms with E-state index < -0.39 is 6.10 Å². The molecule has 2 atom stereocenters. The molecule has 0 aromatic heterocycles. The lowest BCUT2D eigenvalue weighted by Crippen LogP contribution is -2.13. The van der Waals surface area contributed by atoms with Crippen LogP contribution in [0.3, 0.4) is 0 Å². The number of hydrogen-bond acceptors (Lipinski definition) is 2. The van der Waals surface area contributed by atoms with Crippen molar-refractivity contribution in [3.05, 3.63) is 29.6 Å². The van der Waals surface area contributed by atoms with Crippen molar-refractivity contribution in [3.63, 3.8) is 0 Å². The Labute approximate surface area is 96.1 Å². The topological polar surface area (TPSA) is 29.5 Å². The van der Waals surface area contributed by atoms with Crippen molar-refractivity contribution >= 4 is 0 Å². The minimum Gasteiger partial charge on any atom is -0.490 e. The first-order valence-corrected chi connectivity index (χ1v) is 5.68. The van der Waals surface area contributed by atoms with Gasteiger partial charge in [-0.1, -0.05) is 13.3 Å². The second-order valence-corrected chi connectivity index (χ2v) is 4.08. The number of halogens is 1. The maximum atomic E-state index is 13.1. The molecule has 0 amide bonds. The molecule has 2 unspecified atom stereocenters. The number of hydrogen-bond donors (Lipinski definition) is 1. The van der Waals surface area contributed by atoms with E-state index in [1.807, 2.05) is 6.92 Å². The molecule has 0 saturated heterocycles. The van der Waals surface area contributed by atoms with E-state index in [4.69, 9.17) is 4.74 Å². The summed E-state index contributed by atoms with van der Waals surface area (Å²) in [6.07, 6.45) is 1.31. The summed E-state index contributed by atoms with van der Waals surface area (Å²) in [6, 6.07) is 4.22. The van der Waals surface area contributed by atoms with E-state index >= 15 is 0 Å². The summed E-state index contributed by atoms with van der Waals surface area (Å²) in [6.45, 7) is 5.66. The Morgan fingerprint density at radius 3 is 2.62 bits per heavy atom. The number of rotatable bonds is 5. The average Bonchev–Trinajstić information content (AvgIpc) is 2.17. The highest BCUT2D eigenvalue weighted by molar-refractivity contribution is 5.35. The van der Waals surface area contributed by atoms with Gasteiger partial charge in [-0.2, -0.15) is 0 Å². The van der Waals surface area contributed by atoms with E-state index in [1.54, 1.807) is 13.0 Å². The van der Waals surface area contributed by atoms with Crippen LogP contribution in [0, 0.1) is 5.82 Å². The summed E-state index contributed by atoms with van der Waals surface area (Å²) < 4.78 is 18.7. The van der Waals surface area contributed by atoms with E-state index in [0.717, 1.165) is 12.8 Å². The average molecular weight is 226 g/mol. The maximum Gasteiger partial charge on any atom is 0.128 e. The van der Waals surface area contributed by atoms with E-state index in [9.17, 15) is 9.50 Å². The normalized spacial score (nSPS) is 14.6. The molecule has 1 aromatic rings. The van der Waals surface area contributed by atoms with Gasteiger partial charge in [-0.3, -0.25) is 0 Å². The quantitative estimate of drug-likeness (QED) is 0.833. The van der Waals surface area contributed by atoms with Gasteiger partial charge < -0.3 is 9.84 Å². The molecule has 90 valence electrons. The van der Waals surface area contributed by atoms with Crippen LogP contribution in [-0.2, 0) is 0 Å². The van der Waals surface area contributed by atoms with Crippen LogP contribution in [0.5, 0.6) is 5.75 Å². The molecule has 1 rings (SSSR count). The van der Waals surface area contributed by atoms with Crippen LogP contribution in [0.1, 0.15) is 45.3 Å². The van der Waals surface area contributed by atoms with Gasteiger partial charge in [0, 0.05) is 11.6 Å². The Kier molecular flexibility index (Phi) is 4.74. The molecule has 0 aliphatic carbocycles. The molecule has 2 nitrogen and oxygen atoms in total. The van der Waals surface area contributed by atoms with Crippen LogP contribution in [0.25, 0.3) is 0 Å². The zero-order valence-corrected chi connectivity index (χ0v) is 10.0. The first-order chi connectivity index (χ1) is 7.54. The fraction of sp³-hybridized carbons (Fsp3) is 0.538. The monoisotopic (exact) mass is 226 g/mol. The largest absolute Gasteiger partial charge is 0.490 e. The molecular formula is C13H19FO2. The molecule has 16 heavy (non-hydrogen) atoms. The number of ether oxygens (including phenoxy) is 1. The molecule has 0 heterocycles. The summed E-state index contributed by atoms with van der Waals surface area (Å²) in [4.78, 5) is 0. The Morgan fingerprint density at radius 1 is 1.38 bits per heavy atom. The third-order valence-electron chi connectivity index (χ3n) is 2.45. The predicted molar refractivity (Wildman–Crippen MR) is 62.0 cm³/mol. The van der Waals surface area contributed by atoms with Crippen molar-refractivity contribution in [3.8, 4) is 5.75 Å². The van der Waals surface area contributed by atoms with Crippen molar-refractivity contribution in [1.29, 1.82) is 0 Å². The second kappa shape index (κ2) is 5.85. The van der Waals surface area contributed by atoms with E-state index in [1.165, 1.54) is 12.1 Å². The van der Waals surface area contributed by atoms with Gasteiger partial charge in [-0.15, -0.1) is 0 Å². The third kappa shape index (κ3) is 3.49. The minimum absolute atomic E-state index is 0.0318. The van der Waals surface area contributed by atoms with Crippen LogP contribution >= 0.6 is 0 Å². The van der Waals surface area contributed by atoms with Crippen LogP contribution in [-0.4, -0.2) is 11.2 Å². The van der Waals surface area contributed by atoms with Crippen LogP contribution in [0.15, 0.2) is 18.2 Å². The molecule has 1 aromatic carbocycles. The zero-order valence-electron chi connectivity index (χ0n) is 10.0. The molecule has 0 spiro atoms. The molecule has 0 fully saturated rings. The highest BCUT2D eigenvalue weighted by Crippen LogP contribution is 2.27. The van der Waals surface area contributed by atoms with Gasteiger partial charge >= 0.3 is 0 Å². The van der Waals surface area contributed by atoms with E-state index in [-0.39, 0.29) is 11.9 Å². The van der Waals surface area contributed by atoms with Gasteiger partial charge in [-0.05, 0) is 32.4 Å². The zero-order chi connectivity index (χ0) is 12.1. The lowest BCUT2D eigenvalue weighted by Gasteiger charge is -2.18. The molecule has 0 radical (unpaired) electrons. The summed E-state index contributed by atoms with van der Waals surface area (Å²) in [5.41, 5.74) is 0.629. The number of aliphatic hydroxyl groups excluding tert-OH is 1. The Balaban J connectivity index is 2.87. The van der Waals surface area contributed by atoms with Gasteiger partial charge in [0.15, 0.2) is 0 Å². The predicted octanol–water partition coefficient (Wildman–Crippen LogP) is 3.45. The van der Waals surface area contributed by atoms with Gasteiger partial charge in [-0.25, -0.2) is 4.39 Å². The molecular weight excluding hydrogens is 207 g/mol. The van der Waals surface area contributed by atoms with Crippen molar-refractivity contribution in [2.24, 2.45) is 0 Å². The van der Waals surface area contributed by atoms with Gasteiger partial charge in [0.1, 0.15) is 11.6 Å². The first-order valence-electron chi connectivity index (χ1n) is 5.68. The fourth-order valence-electron chi connectivity index (χ4n) is 1.64. The Bertz CT molecular complexity index is 337. The molecule has 0 saturated carbocycles. The summed E-state index contributed by atoms with van der Waals surface area (Å²) in [5, 5.41) is 9.54. The smallest absolute Gasteiger partial charge is 0.128 e. The van der Waals surface area contributed by atoms with E-state index in [2.05, 4.69) is 6.92 Å². The third-order valence-corrected chi connectivity index (χ3v) is 2.45. The lowest BCUT2D eigenvalue weighted by molar-refractivity contribution is 0.173. The van der Waals surface area contributed by atoms with Crippen LogP contribution < -0.4 is 4.74 Å². The Morgan fingerprint density at radius 2 is 2.06 bits per heavy atom. The van der Waals surface area contributed by atoms with Crippen LogP contribution in [0.4, 0.5) is 4.39 Å². The highest BCUT2D eigenvalue weighted by atomic mass is 19.1.